The predicted octanol–water partition coefficient (Wildman–Crippen LogP) is 0.762. The van der Waals surface area contributed by atoms with Gasteiger partial charge in [0.25, 0.3) is 0 Å². The maximum atomic E-state index is 12.3. The number of anilines is 1. The van der Waals surface area contributed by atoms with Crippen molar-refractivity contribution in [3.8, 4) is 0 Å². The predicted molar refractivity (Wildman–Crippen MR) is 85.3 cm³/mol. The van der Waals surface area contributed by atoms with Gasteiger partial charge < -0.3 is 19.9 Å². The van der Waals surface area contributed by atoms with Crippen molar-refractivity contribution >= 4 is 23.3 Å². The van der Waals surface area contributed by atoms with Gasteiger partial charge in [0, 0.05) is 51.4 Å². The summed E-state index contributed by atoms with van der Waals surface area (Å²) in [5.74, 6) is 1.12. The molecule has 2 fully saturated rings. The van der Waals surface area contributed by atoms with Crippen molar-refractivity contribution in [3.05, 3.63) is 23.4 Å². The monoisotopic (exact) mass is 324 g/mol. The Bertz CT molecular complexity index is 497. The number of piperazine rings is 1. The molecule has 1 atom stereocenters. The van der Waals surface area contributed by atoms with Crippen molar-refractivity contribution in [1.82, 2.24) is 15.2 Å². The molecule has 2 saturated heterocycles. The normalized spacial score (nSPS) is 22.7. The Kier molecular flexibility index (Phi) is 5.12. The highest BCUT2D eigenvalue weighted by Crippen LogP contribution is 2.16. The van der Waals surface area contributed by atoms with Gasteiger partial charge in [0.2, 0.25) is 5.91 Å². The number of amides is 1. The first-order valence-electron chi connectivity index (χ1n) is 7.68. The molecule has 0 radical (unpaired) electrons. The lowest BCUT2D eigenvalue weighted by atomic mass is 10.1. The van der Waals surface area contributed by atoms with Crippen LogP contribution in [0.1, 0.15) is 6.42 Å². The summed E-state index contributed by atoms with van der Waals surface area (Å²) in [6, 6.07) is 3.91. The molecule has 1 amide bonds. The van der Waals surface area contributed by atoms with Crippen molar-refractivity contribution in [3.63, 3.8) is 0 Å². The van der Waals surface area contributed by atoms with Crippen molar-refractivity contribution in [2.45, 2.75) is 12.5 Å². The number of halogens is 1. The van der Waals surface area contributed by atoms with Crippen LogP contribution in [0.5, 0.6) is 0 Å². The Labute approximate surface area is 135 Å². The van der Waals surface area contributed by atoms with Crippen LogP contribution in [0, 0.1) is 0 Å². The second kappa shape index (κ2) is 7.26. The van der Waals surface area contributed by atoms with E-state index in [0.717, 1.165) is 45.1 Å². The van der Waals surface area contributed by atoms with Gasteiger partial charge in [-0.15, -0.1) is 0 Å². The molecule has 1 N–H and O–H groups in total. The van der Waals surface area contributed by atoms with Crippen LogP contribution >= 0.6 is 11.6 Å². The third-order valence-electron chi connectivity index (χ3n) is 4.09. The lowest BCUT2D eigenvalue weighted by Gasteiger charge is -2.36. The summed E-state index contributed by atoms with van der Waals surface area (Å²) in [6.45, 7) is 5.25. The number of pyridine rings is 1. The molecule has 6 nitrogen and oxygen atoms in total. The van der Waals surface area contributed by atoms with Gasteiger partial charge in [0.1, 0.15) is 5.82 Å². The highest BCUT2D eigenvalue weighted by molar-refractivity contribution is 6.30. The van der Waals surface area contributed by atoms with E-state index in [1.165, 1.54) is 0 Å². The lowest BCUT2D eigenvalue weighted by Crippen LogP contribution is -2.51. The quantitative estimate of drug-likeness (QED) is 0.889. The maximum Gasteiger partial charge on any atom is 0.224 e. The molecular formula is C15H21ClN4O2. The van der Waals surface area contributed by atoms with Gasteiger partial charge in [-0.25, -0.2) is 4.98 Å². The molecule has 22 heavy (non-hydrogen) atoms. The van der Waals surface area contributed by atoms with Gasteiger partial charge in [0.15, 0.2) is 0 Å². The fourth-order valence-electron chi connectivity index (χ4n) is 2.83. The number of ether oxygens (including phenoxy) is 1. The van der Waals surface area contributed by atoms with E-state index in [9.17, 15) is 4.79 Å². The molecule has 1 unspecified atom stereocenters. The summed E-state index contributed by atoms with van der Waals surface area (Å²) in [4.78, 5) is 20.8. The first-order valence-corrected chi connectivity index (χ1v) is 8.05. The Hall–Kier alpha value is -1.37. The van der Waals surface area contributed by atoms with Crippen molar-refractivity contribution < 1.29 is 9.53 Å². The largest absolute Gasteiger partial charge is 0.378 e. The molecule has 7 heteroatoms. The van der Waals surface area contributed by atoms with Crippen LogP contribution in [0.3, 0.4) is 0 Å². The molecule has 3 rings (SSSR count). The number of carbonyl (C=O) groups excluding carboxylic acids is 1. The zero-order valence-corrected chi connectivity index (χ0v) is 13.3. The Morgan fingerprint density at radius 2 is 2.18 bits per heavy atom. The minimum atomic E-state index is 0.150. The van der Waals surface area contributed by atoms with E-state index < -0.39 is 0 Å². The number of rotatable bonds is 3. The summed E-state index contributed by atoms with van der Waals surface area (Å²) in [6.07, 6.45) is 2.17. The SMILES string of the molecule is O=C(CC1COCCN1)N1CCN(c2ccc(Cl)cn2)CC1. The van der Waals surface area contributed by atoms with E-state index >= 15 is 0 Å². The summed E-state index contributed by atoms with van der Waals surface area (Å²) >= 11 is 5.86. The van der Waals surface area contributed by atoms with E-state index in [0.29, 0.717) is 18.1 Å². The second-order valence-corrected chi connectivity index (χ2v) is 6.07. The van der Waals surface area contributed by atoms with Crippen molar-refractivity contribution in [1.29, 1.82) is 0 Å². The standard InChI is InChI=1S/C15H21ClN4O2/c16-12-1-2-14(18-10-12)19-4-6-20(7-5-19)15(21)9-13-11-22-8-3-17-13/h1-2,10,13,17H,3-9,11H2. The fourth-order valence-corrected chi connectivity index (χ4v) is 2.94. The van der Waals surface area contributed by atoms with Gasteiger partial charge in [-0.3, -0.25) is 4.79 Å². The summed E-state index contributed by atoms with van der Waals surface area (Å²) < 4.78 is 5.39. The number of hydrogen-bond acceptors (Lipinski definition) is 5. The summed E-state index contributed by atoms with van der Waals surface area (Å²) in [7, 11) is 0. The number of aromatic nitrogens is 1. The third-order valence-corrected chi connectivity index (χ3v) is 4.31. The lowest BCUT2D eigenvalue weighted by molar-refractivity contribution is -0.132. The van der Waals surface area contributed by atoms with Crippen LogP contribution in [-0.2, 0) is 9.53 Å². The van der Waals surface area contributed by atoms with E-state index in [-0.39, 0.29) is 11.9 Å². The zero-order chi connectivity index (χ0) is 15.4. The van der Waals surface area contributed by atoms with Gasteiger partial charge >= 0.3 is 0 Å². The van der Waals surface area contributed by atoms with Crippen LogP contribution in [0.2, 0.25) is 5.02 Å². The average Bonchev–Trinajstić information content (AvgIpc) is 2.57. The Morgan fingerprint density at radius 3 is 2.82 bits per heavy atom. The van der Waals surface area contributed by atoms with E-state index in [4.69, 9.17) is 16.3 Å². The zero-order valence-electron chi connectivity index (χ0n) is 12.5. The first-order chi connectivity index (χ1) is 10.7. The second-order valence-electron chi connectivity index (χ2n) is 5.63. The van der Waals surface area contributed by atoms with Crippen LogP contribution in [0.15, 0.2) is 18.3 Å². The van der Waals surface area contributed by atoms with E-state index in [1.54, 1.807) is 6.20 Å². The number of carbonyl (C=O) groups is 1. The first kappa shape index (κ1) is 15.5. The average molecular weight is 325 g/mol. The van der Waals surface area contributed by atoms with Crippen LogP contribution in [0.25, 0.3) is 0 Å². The molecule has 0 bridgehead atoms. The summed E-state index contributed by atoms with van der Waals surface area (Å²) in [5, 5.41) is 3.96. The van der Waals surface area contributed by atoms with E-state index in [1.807, 2.05) is 17.0 Å². The molecular weight excluding hydrogens is 304 g/mol. The molecule has 0 aliphatic carbocycles. The van der Waals surface area contributed by atoms with Gasteiger partial charge in [-0.2, -0.15) is 0 Å². The van der Waals surface area contributed by atoms with Crippen molar-refractivity contribution in [2.24, 2.45) is 0 Å². The molecule has 2 aliphatic heterocycles. The number of hydrogen-bond donors (Lipinski definition) is 1. The molecule has 0 aromatic carbocycles. The fraction of sp³-hybridized carbons (Fsp3) is 0.600. The van der Waals surface area contributed by atoms with Crippen LogP contribution in [-0.4, -0.2) is 67.8 Å². The maximum absolute atomic E-state index is 12.3. The van der Waals surface area contributed by atoms with E-state index in [2.05, 4.69) is 15.2 Å². The molecule has 2 aliphatic rings. The molecule has 1 aromatic rings. The highest BCUT2D eigenvalue weighted by Gasteiger charge is 2.25. The molecule has 0 spiro atoms. The minimum Gasteiger partial charge on any atom is -0.378 e. The molecule has 120 valence electrons. The molecule has 3 heterocycles. The number of nitrogens with one attached hydrogen (secondary N) is 1. The van der Waals surface area contributed by atoms with Crippen LogP contribution < -0.4 is 10.2 Å². The third kappa shape index (κ3) is 3.88. The van der Waals surface area contributed by atoms with Crippen molar-refractivity contribution in [2.75, 3.05) is 50.8 Å². The van der Waals surface area contributed by atoms with Gasteiger partial charge in [-0.05, 0) is 12.1 Å². The molecule has 1 aromatic heterocycles. The summed E-state index contributed by atoms with van der Waals surface area (Å²) in [5.41, 5.74) is 0. The topological polar surface area (TPSA) is 57.7 Å². The highest BCUT2D eigenvalue weighted by atomic mass is 35.5. The Morgan fingerprint density at radius 1 is 1.36 bits per heavy atom. The van der Waals surface area contributed by atoms with Crippen LogP contribution in [0.4, 0.5) is 5.82 Å². The van der Waals surface area contributed by atoms with Gasteiger partial charge in [-0.1, -0.05) is 11.6 Å². The number of nitrogens with zero attached hydrogens (tertiary/aromatic N) is 3. The Balaban J connectivity index is 1.48. The van der Waals surface area contributed by atoms with Gasteiger partial charge in [0.05, 0.1) is 18.2 Å². The smallest absolute Gasteiger partial charge is 0.224 e. The number of morpholine rings is 1. The molecule has 0 saturated carbocycles. The minimum absolute atomic E-state index is 0.150.